The molecular weight excluding hydrogens is 356 g/mol. The van der Waals surface area contributed by atoms with Gasteiger partial charge in [0, 0.05) is 37.1 Å². The van der Waals surface area contributed by atoms with Crippen molar-refractivity contribution in [3.63, 3.8) is 0 Å². The van der Waals surface area contributed by atoms with Crippen molar-refractivity contribution in [2.75, 3.05) is 25.6 Å². The van der Waals surface area contributed by atoms with E-state index in [0.717, 1.165) is 18.6 Å². The molecular formula is C22H28N2O4. The molecule has 0 aliphatic heterocycles. The Balaban J connectivity index is 1.95. The number of carbonyl (C=O) groups excluding carboxylic acids is 2. The van der Waals surface area contributed by atoms with Crippen molar-refractivity contribution in [2.24, 2.45) is 0 Å². The fourth-order valence-electron chi connectivity index (χ4n) is 2.46. The monoisotopic (exact) mass is 384 g/mol. The lowest BCUT2D eigenvalue weighted by Gasteiger charge is -2.13. The van der Waals surface area contributed by atoms with Crippen molar-refractivity contribution in [1.29, 1.82) is 0 Å². The molecule has 0 heterocycles. The summed E-state index contributed by atoms with van der Waals surface area (Å²) >= 11 is 0. The minimum Gasteiger partial charge on any atom is -0.491 e. The van der Waals surface area contributed by atoms with Gasteiger partial charge >= 0.3 is 0 Å². The average molecular weight is 384 g/mol. The van der Waals surface area contributed by atoms with Crippen LogP contribution in [0, 0.1) is 0 Å². The van der Waals surface area contributed by atoms with E-state index in [-0.39, 0.29) is 17.9 Å². The predicted octanol–water partition coefficient (Wildman–Crippen LogP) is 3.88. The molecule has 0 radical (unpaired) electrons. The summed E-state index contributed by atoms with van der Waals surface area (Å²) in [7, 11) is 1.63. The zero-order chi connectivity index (χ0) is 20.4. The van der Waals surface area contributed by atoms with E-state index in [1.54, 1.807) is 55.6 Å². The molecule has 0 aliphatic carbocycles. The summed E-state index contributed by atoms with van der Waals surface area (Å²) < 4.78 is 10.7. The number of carbonyl (C=O) groups is 2. The van der Waals surface area contributed by atoms with E-state index in [0.29, 0.717) is 30.0 Å². The first kappa shape index (κ1) is 21.4. The van der Waals surface area contributed by atoms with Crippen LogP contribution in [0.3, 0.4) is 0 Å². The van der Waals surface area contributed by atoms with E-state index in [2.05, 4.69) is 17.6 Å². The summed E-state index contributed by atoms with van der Waals surface area (Å²) in [4.78, 5) is 24.7. The Morgan fingerprint density at radius 2 is 1.79 bits per heavy atom. The highest BCUT2D eigenvalue weighted by Crippen LogP contribution is 2.17. The maximum Gasteiger partial charge on any atom is 0.255 e. The quantitative estimate of drug-likeness (QED) is 0.610. The number of benzene rings is 2. The van der Waals surface area contributed by atoms with Crippen LogP contribution in [-0.4, -0.2) is 38.2 Å². The molecule has 0 aromatic heterocycles. The van der Waals surface area contributed by atoms with Crippen LogP contribution in [0.15, 0.2) is 48.5 Å². The van der Waals surface area contributed by atoms with Gasteiger partial charge in [0.25, 0.3) is 11.8 Å². The van der Waals surface area contributed by atoms with Gasteiger partial charge in [0.1, 0.15) is 5.75 Å². The first-order valence-electron chi connectivity index (χ1n) is 9.48. The van der Waals surface area contributed by atoms with E-state index in [4.69, 9.17) is 9.47 Å². The number of methoxy groups -OCH3 is 1. The molecule has 2 N–H and O–H groups in total. The molecule has 2 rings (SSSR count). The number of hydrogen-bond donors (Lipinski definition) is 2. The second-order valence-corrected chi connectivity index (χ2v) is 6.50. The third-order valence-electron chi connectivity index (χ3n) is 4.22. The van der Waals surface area contributed by atoms with Crippen LogP contribution in [0.4, 0.5) is 5.69 Å². The van der Waals surface area contributed by atoms with E-state index < -0.39 is 0 Å². The van der Waals surface area contributed by atoms with Gasteiger partial charge in [-0.05, 0) is 62.2 Å². The zero-order valence-electron chi connectivity index (χ0n) is 16.7. The zero-order valence-corrected chi connectivity index (χ0v) is 16.7. The molecule has 28 heavy (non-hydrogen) atoms. The molecule has 0 saturated carbocycles. The highest BCUT2D eigenvalue weighted by atomic mass is 16.5. The summed E-state index contributed by atoms with van der Waals surface area (Å²) in [5, 5.41) is 5.65. The van der Waals surface area contributed by atoms with Crippen LogP contribution >= 0.6 is 0 Å². The van der Waals surface area contributed by atoms with Gasteiger partial charge in [-0.1, -0.05) is 13.0 Å². The molecule has 2 amide bonds. The first-order chi connectivity index (χ1) is 13.5. The molecule has 150 valence electrons. The van der Waals surface area contributed by atoms with Crippen molar-refractivity contribution in [2.45, 2.75) is 32.8 Å². The molecule has 0 fully saturated rings. The Kier molecular flexibility index (Phi) is 8.49. The first-order valence-corrected chi connectivity index (χ1v) is 9.48. The lowest BCUT2D eigenvalue weighted by atomic mass is 10.1. The summed E-state index contributed by atoms with van der Waals surface area (Å²) in [5.41, 5.74) is 1.58. The van der Waals surface area contributed by atoms with E-state index in [1.807, 2.05) is 6.92 Å². The fraction of sp³-hybridized carbons (Fsp3) is 0.364. The number of anilines is 1. The second kappa shape index (κ2) is 11.1. The molecule has 0 spiro atoms. The summed E-state index contributed by atoms with van der Waals surface area (Å²) in [6, 6.07) is 13.9. The third-order valence-corrected chi connectivity index (χ3v) is 4.22. The van der Waals surface area contributed by atoms with Crippen LogP contribution < -0.4 is 15.4 Å². The molecule has 0 saturated heterocycles. The average Bonchev–Trinajstić information content (AvgIpc) is 2.71. The largest absolute Gasteiger partial charge is 0.491 e. The lowest BCUT2D eigenvalue weighted by Crippen LogP contribution is -2.25. The van der Waals surface area contributed by atoms with Crippen molar-refractivity contribution in [1.82, 2.24) is 5.32 Å². The Morgan fingerprint density at radius 3 is 2.46 bits per heavy atom. The van der Waals surface area contributed by atoms with Gasteiger partial charge in [-0.15, -0.1) is 0 Å². The Labute approximate surface area is 166 Å². The maximum absolute atomic E-state index is 12.5. The van der Waals surface area contributed by atoms with Crippen LogP contribution in [0.2, 0.25) is 0 Å². The number of rotatable bonds is 10. The Morgan fingerprint density at radius 1 is 1.04 bits per heavy atom. The summed E-state index contributed by atoms with van der Waals surface area (Å²) in [6.45, 7) is 5.19. The number of hydrogen-bond acceptors (Lipinski definition) is 4. The van der Waals surface area contributed by atoms with Crippen molar-refractivity contribution in [3.8, 4) is 5.75 Å². The highest BCUT2D eigenvalue weighted by molar-refractivity contribution is 6.05. The number of amides is 2. The minimum atomic E-state index is -0.243. The normalized spacial score (nSPS) is 11.5. The van der Waals surface area contributed by atoms with Gasteiger partial charge in [-0.3, -0.25) is 9.59 Å². The fourth-order valence-corrected chi connectivity index (χ4v) is 2.46. The lowest BCUT2D eigenvalue weighted by molar-refractivity contribution is 0.0947. The summed E-state index contributed by atoms with van der Waals surface area (Å²) in [5.74, 6) is 0.310. The van der Waals surface area contributed by atoms with Gasteiger partial charge in [-0.2, -0.15) is 0 Å². The molecule has 1 atom stereocenters. The minimum absolute atomic E-state index is 0.128. The van der Waals surface area contributed by atoms with Gasteiger partial charge in [0.05, 0.1) is 6.10 Å². The summed E-state index contributed by atoms with van der Waals surface area (Å²) in [6.07, 6.45) is 1.79. The molecule has 1 unspecified atom stereocenters. The smallest absolute Gasteiger partial charge is 0.255 e. The van der Waals surface area contributed by atoms with E-state index in [1.165, 1.54) is 0 Å². The van der Waals surface area contributed by atoms with Gasteiger partial charge in [0.15, 0.2) is 0 Å². The van der Waals surface area contributed by atoms with Gasteiger partial charge in [0.2, 0.25) is 0 Å². The van der Waals surface area contributed by atoms with Crippen molar-refractivity contribution < 1.29 is 19.1 Å². The SMILES string of the molecule is CCC(C)Oc1ccc(C(=O)Nc2cccc(C(=O)NCCCOC)c2)cc1. The Bertz CT molecular complexity index is 774. The van der Waals surface area contributed by atoms with Crippen LogP contribution in [0.5, 0.6) is 5.75 Å². The topological polar surface area (TPSA) is 76.7 Å². The van der Waals surface area contributed by atoms with Crippen molar-refractivity contribution in [3.05, 3.63) is 59.7 Å². The molecule has 6 heteroatoms. The van der Waals surface area contributed by atoms with E-state index >= 15 is 0 Å². The van der Waals surface area contributed by atoms with Crippen LogP contribution in [0.25, 0.3) is 0 Å². The van der Waals surface area contributed by atoms with Crippen LogP contribution in [0.1, 0.15) is 47.4 Å². The molecule has 6 nitrogen and oxygen atoms in total. The van der Waals surface area contributed by atoms with Crippen LogP contribution in [-0.2, 0) is 4.74 Å². The standard InChI is InChI=1S/C22H28N2O4/c1-4-16(2)28-20-11-9-17(10-12-20)22(26)24-19-8-5-7-18(15-19)21(25)23-13-6-14-27-3/h5,7-12,15-16H,4,6,13-14H2,1-3H3,(H,23,25)(H,24,26). The molecule has 0 bridgehead atoms. The molecule has 2 aromatic carbocycles. The number of ether oxygens (including phenoxy) is 2. The molecule has 2 aromatic rings. The van der Waals surface area contributed by atoms with Gasteiger partial charge in [-0.25, -0.2) is 0 Å². The maximum atomic E-state index is 12.5. The second-order valence-electron chi connectivity index (χ2n) is 6.50. The third kappa shape index (κ3) is 6.70. The van der Waals surface area contributed by atoms with Crippen molar-refractivity contribution >= 4 is 17.5 Å². The van der Waals surface area contributed by atoms with Gasteiger partial charge < -0.3 is 20.1 Å². The van der Waals surface area contributed by atoms with E-state index in [9.17, 15) is 9.59 Å². The predicted molar refractivity (Wildman–Crippen MR) is 110 cm³/mol. The molecule has 0 aliphatic rings. The highest BCUT2D eigenvalue weighted by Gasteiger charge is 2.10. The Hall–Kier alpha value is -2.86. The number of nitrogens with one attached hydrogen (secondary N) is 2.